The summed E-state index contributed by atoms with van der Waals surface area (Å²) in [6.45, 7) is 8.85. The third kappa shape index (κ3) is 4.15. The second-order valence-electron chi connectivity index (χ2n) is 7.76. The molecular formula is C17H32IN3O2S. The summed E-state index contributed by atoms with van der Waals surface area (Å²) in [6, 6.07) is 0.387. The Morgan fingerprint density at radius 3 is 2.88 bits per heavy atom. The quantitative estimate of drug-likeness (QED) is 0.335. The third-order valence-corrected chi connectivity index (χ3v) is 6.82. The number of rotatable bonds is 4. The van der Waals surface area contributed by atoms with E-state index in [0.717, 1.165) is 43.5 Å². The lowest BCUT2D eigenvalue weighted by molar-refractivity contribution is -0.188. The molecule has 0 bridgehead atoms. The fourth-order valence-corrected chi connectivity index (χ4v) is 5.51. The number of ether oxygens (including phenoxy) is 1. The zero-order valence-corrected chi connectivity index (χ0v) is 18.2. The van der Waals surface area contributed by atoms with Crippen LogP contribution in [0.3, 0.4) is 0 Å². The predicted molar refractivity (Wildman–Crippen MR) is 111 cm³/mol. The Bertz CT molecular complexity index is 455. The maximum absolute atomic E-state index is 10.5. The van der Waals surface area contributed by atoms with Crippen LogP contribution in [0.1, 0.15) is 40.0 Å². The molecule has 140 valence electrons. The van der Waals surface area contributed by atoms with Gasteiger partial charge in [0.25, 0.3) is 0 Å². The van der Waals surface area contributed by atoms with Crippen molar-refractivity contribution in [2.24, 2.45) is 16.3 Å². The standard InChI is InChI=1S/C17H31N3O2S.HI/c1-4-18-15(19-10-17(21)7-9-23-11-17)20-13-12-6-5-8-22-14(12)16(13,2)3;/h12-14,21H,4-11H2,1-3H3,(H2,18,19,20);1H. The number of aliphatic imine (C=N–C) groups is 1. The number of halogens is 1. The van der Waals surface area contributed by atoms with Crippen molar-refractivity contribution in [1.29, 1.82) is 0 Å². The number of guanidine groups is 1. The summed E-state index contributed by atoms with van der Waals surface area (Å²) in [5, 5.41) is 17.5. The first-order chi connectivity index (χ1) is 11.0. The Morgan fingerprint density at radius 2 is 2.21 bits per heavy atom. The van der Waals surface area contributed by atoms with Gasteiger partial charge in [-0.15, -0.1) is 24.0 Å². The van der Waals surface area contributed by atoms with Gasteiger partial charge in [0, 0.05) is 36.3 Å². The van der Waals surface area contributed by atoms with E-state index in [2.05, 4.69) is 36.4 Å². The number of fused-ring (bicyclic) bond motifs is 1. The minimum Gasteiger partial charge on any atom is -0.387 e. The molecule has 1 saturated carbocycles. The van der Waals surface area contributed by atoms with E-state index in [9.17, 15) is 5.11 Å². The van der Waals surface area contributed by atoms with Gasteiger partial charge in [-0.1, -0.05) is 13.8 Å². The lowest BCUT2D eigenvalue weighted by Gasteiger charge is -2.60. The molecule has 4 atom stereocenters. The Balaban J connectivity index is 0.00000208. The van der Waals surface area contributed by atoms with E-state index in [1.54, 1.807) is 0 Å². The Morgan fingerprint density at radius 1 is 1.42 bits per heavy atom. The molecule has 0 radical (unpaired) electrons. The summed E-state index contributed by atoms with van der Waals surface area (Å²) >= 11 is 1.81. The molecule has 2 aliphatic heterocycles. The molecule has 3 rings (SSSR count). The first kappa shape index (κ1) is 20.6. The second-order valence-corrected chi connectivity index (χ2v) is 8.87. The van der Waals surface area contributed by atoms with Crippen LogP contribution < -0.4 is 10.6 Å². The van der Waals surface area contributed by atoms with Crippen LogP contribution in [0.2, 0.25) is 0 Å². The van der Waals surface area contributed by atoms with Gasteiger partial charge >= 0.3 is 0 Å². The molecule has 0 spiro atoms. The third-order valence-electron chi connectivity index (χ3n) is 5.58. The predicted octanol–water partition coefficient (Wildman–Crippen LogP) is 2.23. The van der Waals surface area contributed by atoms with Gasteiger partial charge < -0.3 is 20.5 Å². The van der Waals surface area contributed by atoms with Crippen LogP contribution in [0.4, 0.5) is 0 Å². The molecule has 0 aromatic heterocycles. The van der Waals surface area contributed by atoms with Gasteiger partial charge in [0.05, 0.1) is 18.2 Å². The first-order valence-corrected chi connectivity index (χ1v) is 10.1. The molecular weight excluding hydrogens is 437 g/mol. The molecule has 5 nitrogen and oxygen atoms in total. The van der Waals surface area contributed by atoms with E-state index in [1.165, 1.54) is 6.42 Å². The van der Waals surface area contributed by atoms with Crippen LogP contribution in [0.5, 0.6) is 0 Å². The Hall–Kier alpha value is 0.270. The topological polar surface area (TPSA) is 65.9 Å². The molecule has 0 amide bonds. The molecule has 3 N–H and O–H groups in total. The number of nitrogens with one attached hydrogen (secondary N) is 2. The summed E-state index contributed by atoms with van der Waals surface area (Å²) in [5.74, 6) is 3.24. The first-order valence-electron chi connectivity index (χ1n) is 8.93. The van der Waals surface area contributed by atoms with Crippen molar-refractivity contribution in [3.63, 3.8) is 0 Å². The molecule has 24 heavy (non-hydrogen) atoms. The second kappa shape index (κ2) is 8.31. The van der Waals surface area contributed by atoms with Crippen molar-refractivity contribution in [3.8, 4) is 0 Å². The zero-order chi connectivity index (χ0) is 16.5. The van der Waals surface area contributed by atoms with Crippen molar-refractivity contribution in [2.45, 2.75) is 57.8 Å². The van der Waals surface area contributed by atoms with Crippen molar-refractivity contribution in [1.82, 2.24) is 10.6 Å². The van der Waals surface area contributed by atoms with E-state index in [1.807, 2.05) is 11.8 Å². The molecule has 3 fully saturated rings. The molecule has 7 heteroatoms. The van der Waals surface area contributed by atoms with Gasteiger partial charge in [-0.25, -0.2) is 0 Å². The number of hydrogen-bond donors (Lipinski definition) is 3. The molecule has 2 heterocycles. The summed E-state index contributed by atoms with van der Waals surface area (Å²) in [5.41, 5.74) is -0.500. The van der Waals surface area contributed by atoms with Crippen LogP contribution in [0.25, 0.3) is 0 Å². The maximum Gasteiger partial charge on any atom is 0.191 e. The lowest BCUT2D eigenvalue weighted by atomic mass is 9.55. The van der Waals surface area contributed by atoms with Crippen LogP contribution in [0, 0.1) is 11.3 Å². The van der Waals surface area contributed by atoms with Gasteiger partial charge in [0.2, 0.25) is 0 Å². The summed E-state index contributed by atoms with van der Waals surface area (Å²) in [4.78, 5) is 4.68. The smallest absolute Gasteiger partial charge is 0.191 e. The number of thioether (sulfide) groups is 1. The highest BCUT2D eigenvalue weighted by atomic mass is 127. The van der Waals surface area contributed by atoms with E-state index in [4.69, 9.17) is 4.74 Å². The van der Waals surface area contributed by atoms with E-state index >= 15 is 0 Å². The Kier molecular flexibility index (Phi) is 7.12. The number of hydrogen-bond acceptors (Lipinski definition) is 4. The van der Waals surface area contributed by atoms with E-state index < -0.39 is 5.60 Å². The van der Waals surface area contributed by atoms with Gasteiger partial charge in [-0.3, -0.25) is 4.99 Å². The molecule has 0 aromatic carbocycles. The van der Waals surface area contributed by atoms with E-state index in [0.29, 0.717) is 24.6 Å². The van der Waals surface area contributed by atoms with Gasteiger partial charge in [-0.2, -0.15) is 11.8 Å². The molecule has 1 aliphatic carbocycles. The fraction of sp³-hybridized carbons (Fsp3) is 0.941. The summed E-state index contributed by atoms with van der Waals surface area (Å²) < 4.78 is 5.98. The molecule has 2 saturated heterocycles. The highest BCUT2D eigenvalue weighted by Gasteiger charge is 2.58. The molecule has 3 aliphatic rings. The monoisotopic (exact) mass is 469 g/mol. The SMILES string of the molecule is CCNC(=NCC1(O)CCSC1)NC1C2CCCOC2C1(C)C.I. The average Bonchev–Trinajstić information content (AvgIpc) is 2.97. The van der Waals surface area contributed by atoms with Gasteiger partial charge in [0.1, 0.15) is 0 Å². The largest absolute Gasteiger partial charge is 0.387 e. The van der Waals surface area contributed by atoms with Crippen LogP contribution in [-0.2, 0) is 4.74 Å². The van der Waals surface area contributed by atoms with Gasteiger partial charge in [0.15, 0.2) is 5.96 Å². The number of aliphatic hydroxyl groups is 1. The minimum atomic E-state index is -0.626. The van der Waals surface area contributed by atoms with Crippen LogP contribution in [0.15, 0.2) is 4.99 Å². The van der Waals surface area contributed by atoms with Crippen molar-refractivity contribution in [2.75, 3.05) is 31.2 Å². The fourth-order valence-electron chi connectivity index (χ4n) is 4.23. The molecule has 4 unspecified atom stereocenters. The van der Waals surface area contributed by atoms with Crippen LogP contribution in [-0.4, -0.2) is 60.0 Å². The van der Waals surface area contributed by atoms with Crippen molar-refractivity contribution in [3.05, 3.63) is 0 Å². The van der Waals surface area contributed by atoms with Crippen molar-refractivity contribution < 1.29 is 9.84 Å². The Labute approximate surface area is 167 Å². The van der Waals surface area contributed by atoms with E-state index in [-0.39, 0.29) is 29.4 Å². The normalized spacial score (nSPS) is 37.8. The highest BCUT2D eigenvalue weighted by Crippen LogP contribution is 2.51. The highest BCUT2D eigenvalue weighted by molar-refractivity contribution is 14.0. The zero-order valence-electron chi connectivity index (χ0n) is 15.0. The summed E-state index contributed by atoms with van der Waals surface area (Å²) in [7, 11) is 0. The summed E-state index contributed by atoms with van der Waals surface area (Å²) in [6.07, 6.45) is 3.59. The minimum absolute atomic E-state index is 0. The average molecular weight is 469 g/mol. The van der Waals surface area contributed by atoms with Crippen molar-refractivity contribution >= 4 is 41.7 Å². The maximum atomic E-state index is 10.5. The van der Waals surface area contributed by atoms with Gasteiger partial charge in [-0.05, 0) is 31.9 Å². The molecule has 0 aromatic rings. The van der Waals surface area contributed by atoms with Crippen LogP contribution >= 0.6 is 35.7 Å². The lowest BCUT2D eigenvalue weighted by Crippen LogP contribution is -2.71. The number of nitrogens with zero attached hydrogens (tertiary/aromatic N) is 1.